The summed E-state index contributed by atoms with van der Waals surface area (Å²) in [4.78, 5) is 2.23. The number of para-hydroxylation sites is 2. The second-order valence-electron chi connectivity index (χ2n) is 6.43. The van der Waals surface area contributed by atoms with Gasteiger partial charge in [-0.3, -0.25) is 0 Å². The number of nitrogens with zero attached hydrogens (tertiary/aromatic N) is 1. The molecule has 1 aromatic heterocycles. The lowest BCUT2D eigenvalue weighted by Crippen LogP contribution is -2.09. The number of fused-ring (bicyclic) bond motifs is 3. The van der Waals surface area contributed by atoms with Gasteiger partial charge in [-0.1, -0.05) is 58.4 Å². The molecule has 0 saturated heterocycles. The van der Waals surface area contributed by atoms with Crippen molar-refractivity contribution in [1.82, 2.24) is 0 Å². The lowest BCUT2D eigenvalue weighted by Gasteiger charge is -2.25. The van der Waals surface area contributed by atoms with E-state index in [0.29, 0.717) is 0 Å². The van der Waals surface area contributed by atoms with E-state index in [9.17, 15) is 0 Å². The Morgan fingerprint density at radius 2 is 1.26 bits per heavy atom. The third kappa shape index (κ3) is 2.90. The molecule has 0 bridgehead atoms. The van der Waals surface area contributed by atoms with Crippen molar-refractivity contribution in [3.8, 4) is 0 Å². The first-order valence-corrected chi connectivity index (χ1v) is 9.61. The molecular weight excluding hydrogens is 398 g/mol. The van der Waals surface area contributed by atoms with Gasteiger partial charge in [0.1, 0.15) is 11.2 Å². The van der Waals surface area contributed by atoms with Crippen LogP contribution in [-0.2, 0) is 0 Å². The van der Waals surface area contributed by atoms with Gasteiger partial charge in [-0.15, -0.1) is 0 Å². The largest absolute Gasteiger partial charge is 0.456 e. The van der Waals surface area contributed by atoms with Crippen LogP contribution in [0.5, 0.6) is 0 Å². The number of rotatable bonds is 3. The lowest BCUT2D eigenvalue weighted by atomic mass is 10.1. The molecule has 3 heteroatoms. The molecule has 0 spiro atoms. The summed E-state index contributed by atoms with van der Waals surface area (Å²) in [5.41, 5.74) is 5.06. The Morgan fingerprint density at radius 1 is 0.556 bits per heavy atom. The van der Waals surface area contributed by atoms with Gasteiger partial charge in [-0.2, -0.15) is 0 Å². The van der Waals surface area contributed by atoms with E-state index in [-0.39, 0.29) is 0 Å². The topological polar surface area (TPSA) is 16.4 Å². The Labute approximate surface area is 165 Å². The number of hydrogen-bond acceptors (Lipinski definition) is 2. The van der Waals surface area contributed by atoms with Gasteiger partial charge in [0.15, 0.2) is 0 Å². The standard InChI is InChI=1S/C24H16BrNO/c25-17-7-6-10-19(15-17)26(18-8-2-1-3-9-18)20-13-14-22-21-11-4-5-12-23(21)27-24(22)16-20/h1-16H. The number of anilines is 3. The third-order valence-electron chi connectivity index (χ3n) is 4.70. The van der Waals surface area contributed by atoms with Gasteiger partial charge in [0.05, 0.1) is 0 Å². The van der Waals surface area contributed by atoms with E-state index in [2.05, 4.69) is 87.6 Å². The smallest absolute Gasteiger partial charge is 0.137 e. The molecule has 0 fully saturated rings. The van der Waals surface area contributed by atoms with Gasteiger partial charge >= 0.3 is 0 Å². The summed E-state index contributed by atoms with van der Waals surface area (Å²) in [7, 11) is 0. The molecule has 0 radical (unpaired) electrons. The molecule has 2 nitrogen and oxygen atoms in total. The molecule has 5 aromatic rings. The molecule has 0 aliphatic carbocycles. The van der Waals surface area contributed by atoms with Crippen LogP contribution >= 0.6 is 15.9 Å². The molecule has 0 N–H and O–H groups in total. The highest BCUT2D eigenvalue weighted by atomic mass is 79.9. The Kier molecular flexibility index (Phi) is 3.95. The first kappa shape index (κ1) is 16.2. The molecule has 0 atom stereocenters. The van der Waals surface area contributed by atoms with Crippen molar-refractivity contribution in [2.24, 2.45) is 0 Å². The summed E-state index contributed by atoms with van der Waals surface area (Å²) in [6, 6.07) is 33.3. The van der Waals surface area contributed by atoms with Crippen LogP contribution in [-0.4, -0.2) is 0 Å². The molecule has 0 amide bonds. The summed E-state index contributed by atoms with van der Waals surface area (Å²) in [5.74, 6) is 0. The third-order valence-corrected chi connectivity index (χ3v) is 5.19. The summed E-state index contributed by atoms with van der Waals surface area (Å²) < 4.78 is 7.15. The molecule has 0 saturated carbocycles. The van der Waals surface area contributed by atoms with E-state index in [4.69, 9.17) is 4.42 Å². The maximum Gasteiger partial charge on any atom is 0.137 e. The van der Waals surface area contributed by atoms with Crippen molar-refractivity contribution in [1.29, 1.82) is 0 Å². The van der Waals surface area contributed by atoms with Crippen LogP contribution in [0.3, 0.4) is 0 Å². The van der Waals surface area contributed by atoms with Crippen LogP contribution in [0.1, 0.15) is 0 Å². The predicted molar refractivity (Wildman–Crippen MR) is 116 cm³/mol. The zero-order valence-electron chi connectivity index (χ0n) is 14.5. The number of furan rings is 1. The second-order valence-corrected chi connectivity index (χ2v) is 7.35. The summed E-state index contributed by atoms with van der Waals surface area (Å²) in [6.07, 6.45) is 0. The summed E-state index contributed by atoms with van der Waals surface area (Å²) in [5, 5.41) is 2.28. The normalized spacial score (nSPS) is 11.1. The Balaban J connectivity index is 1.72. The average molecular weight is 414 g/mol. The van der Waals surface area contributed by atoms with Crippen LogP contribution in [0.4, 0.5) is 17.1 Å². The van der Waals surface area contributed by atoms with Crippen molar-refractivity contribution in [2.75, 3.05) is 4.90 Å². The minimum Gasteiger partial charge on any atom is -0.456 e. The number of benzene rings is 4. The first-order valence-electron chi connectivity index (χ1n) is 8.82. The van der Waals surface area contributed by atoms with Crippen LogP contribution in [0, 0.1) is 0 Å². The number of hydrogen-bond donors (Lipinski definition) is 0. The van der Waals surface area contributed by atoms with Crippen LogP contribution in [0.15, 0.2) is 106 Å². The van der Waals surface area contributed by atoms with Crippen molar-refractivity contribution in [2.45, 2.75) is 0 Å². The fourth-order valence-corrected chi connectivity index (χ4v) is 3.88. The van der Waals surface area contributed by atoms with Crippen LogP contribution in [0.25, 0.3) is 21.9 Å². The quantitative estimate of drug-likeness (QED) is 0.299. The summed E-state index contributed by atoms with van der Waals surface area (Å²) >= 11 is 3.59. The molecule has 27 heavy (non-hydrogen) atoms. The van der Waals surface area contributed by atoms with Gasteiger partial charge in [-0.25, -0.2) is 0 Å². The molecule has 0 aliphatic rings. The molecule has 1 heterocycles. The van der Waals surface area contributed by atoms with Crippen molar-refractivity contribution in [3.63, 3.8) is 0 Å². The lowest BCUT2D eigenvalue weighted by molar-refractivity contribution is 0.669. The van der Waals surface area contributed by atoms with E-state index < -0.39 is 0 Å². The summed E-state index contributed by atoms with van der Waals surface area (Å²) in [6.45, 7) is 0. The van der Waals surface area contributed by atoms with Crippen LogP contribution < -0.4 is 4.90 Å². The van der Waals surface area contributed by atoms with E-state index >= 15 is 0 Å². The van der Waals surface area contributed by atoms with Crippen LogP contribution in [0.2, 0.25) is 0 Å². The van der Waals surface area contributed by atoms with Gasteiger partial charge in [-0.05, 0) is 48.5 Å². The SMILES string of the molecule is Brc1cccc(N(c2ccccc2)c2ccc3c(c2)oc2ccccc23)c1. The van der Waals surface area contributed by atoms with Gasteiger partial charge in [0, 0.05) is 38.4 Å². The maximum atomic E-state index is 6.10. The number of halogens is 1. The molecule has 5 rings (SSSR count). The molecule has 130 valence electrons. The Morgan fingerprint density at radius 3 is 2.11 bits per heavy atom. The van der Waals surface area contributed by atoms with Crippen molar-refractivity contribution >= 4 is 54.9 Å². The van der Waals surface area contributed by atoms with Gasteiger partial charge in [0.2, 0.25) is 0 Å². The highest BCUT2D eigenvalue weighted by molar-refractivity contribution is 9.10. The van der Waals surface area contributed by atoms with E-state index in [1.54, 1.807) is 0 Å². The Hall–Kier alpha value is -3.04. The highest BCUT2D eigenvalue weighted by Crippen LogP contribution is 2.38. The van der Waals surface area contributed by atoms with E-state index in [0.717, 1.165) is 43.5 Å². The highest BCUT2D eigenvalue weighted by Gasteiger charge is 2.15. The zero-order valence-corrected chi connectivity index (χ0v) is 16.1. The Bertz CT molecular complexity index is 1240. The predicted octanol–water partition coefficient (Wildman–Crippen LogP) is 7.82. The van der Waals surface area contributed by atoms with Crippen molar-refractivity contribution in [3.05, 3.63) is 102 Å². The molecule has 0 aliphatic heterocycles. The minimum atomic E-state index is 0.893. The van der Waals surface area contributed by atoms with Crippen molar-refractivity contribution < 1.29 is 4.42 Å². The zero-order chi connectivity index (χ0) is 18.2. The fraction of sp³-hybridized carbons (Fsp3) is 0. The average Bonchev–Trinajstić information content (AvgIpc) is 3.07. The van der Waals surface area contributed by atoms with E-state index in [1.807, 2.05) is 30.3 Å². The van der Waals surface area contributed by atoms with Gasteiger partial charge in [0.25, 0.3) is 0 Å². The monoisotopic (exact) mass is 413 g/mol. The first-order chi connectivity index (χ1) is 13.3. The fourth-order valence-electron chi connectivity index (χ4n) is 3.49. The maximum absolute atomic E-state index is 6.10. The molecule has 4 aromatic carbocycles. The van der Waals surface area contributed by atoms with Gasteiger partial charge < -0.3 is 9.32 Å². The molecular formula is C24H16BrNO. The van der Waals surface area contributed by atoms with E-state index in [1.165, 1.54) is 0 Å². The molecule has 0 unspecified atom stereocenters. The minimum absolute atomic E-state index is 0.893. The second kappa shape index (κ2) is 6.60.